The van der Waals surface area contributed by atoms with Gasteiger partial charge in [-0.05, 0) is 56.1 Å². The second-order valence-electron chi connectivity index (χ2n) is 9.99. The van der Waals surface area contributed by atoms with Gasteiger partial charge in [0.25, 0.3) is 12.0 Å². The van der Waals surface area contributed by atoms with Gasteiger partial charge in [0, 0.05) is 17.4 Å². The van der Waals surface area contributed by atoms with Crippen LogP contribution in [-0.2, 0) is 35.5 Å². The Kier molecular flexibility index (Phi) is 7.09. The Morgan fingerprint density at radius 2 is 2.08 bits per heavy atom. The number of benzene rings is 1. The largest absolute Gasteiger partial charge is 0.497 e. The number of aromatic nitrogens is 2. The van der Waals surface area contributed by atoms with Crippen LogP contribution in [0.3, 0.4) is 0 Å². The molecule has 5 rings (SSSR count). The quantitative estimate of drug-likeness (QED) is 0.600. The number of fused-ring (bicyclic) bond motifs is 2. The number of methoxy groups -OCH3 is 1. The van der Waals surface area contributed by atoms with Gasteiger partial charge in [-0.1, -0.05) is 0 Å². The first-order chi connectivity index (χ1) is 17.8. The fourth-order valence-corrected chi connectivity index (χ4v) is 5.60. The van der Waals surface area contributed by atoms with E-state index in [0.29, 0.717) is 62.4 Å². The third-order valence-corrected chi connectivity index (χ3v) is 7.67. The van der Waals surface area contributed by atoms with Crippen molar-refractivity contribution in [1.82, 2.24) is 19.8 Å². The van der Waals surface area contributed by atoms with Gasteiger partial charge in [-0.2, -0.15) is 0 Å². The maximum atomic E-state index is 13.3. The summed E-state index contributed by atoms with van der Waals surface area (Å²) in [5, 5.41) is 0. The lowest BCUT2D eigenvalue weighted by Crippen LogP contribution is -2.48. The molecule has 11 heteroatoms. The van der Waals surface area contributed by atoms with Gasteiger partial charge in [0.15, 0.2) is 5.78 Å². The van der Waals surface area contributed by atoms with E-state index < -0.39 is 24.3 Å². The number of halogens is 2. The summed E-state index contributed by atoms with van der Waals surface area (Å²) in [5.74, 6) is 0.560. The molecule has 1 aromatic carbocycles. The van der Waals surface area contributed by atoms with Gasteiger partial charge in [-0.15, -0.1) is 0 Å². The van der Waals surface area contributed by atoms with Gasteiger partial charge in [0.1, 0.15) is 11.6 Å². The van der Waals surface area contributed by atoms with E-state index >= 15 is 0 Å². The van der Waals surface area contributed by atoms with Crippen molar-refractivity contribution in [2.45, 2.75) is 45.3 Å². The summed E-state index contributed by atoms with van der Waals surface area (Å²) in [4.78, 5) is 48.6. The maximum absolute atomic E-state index is 13.3. The minimum atomic E-state index is -2.72. The van der Waals surface area contributed by atoms with Gasteiger partial charge in [0.2, 0.25) is 5.91 Å². The monoisotopic (exact) mass is 516 g/mol. The molecule has 0 atom stereocenters. The van der Waals surface area contributed by atoms with Crippen LogP contribution < -0.4 is 10.3 Å². The molecule has 1 spiro atoms. The lowest BCUT2D eigenvalue weighted by Gasteiger charge is -2.38. The van der Waals surface area contributed by atoms with Crippen LogP contribution >= 0.6 is 0 Å². The SMILES string of the molecule is COc1ccc2c(c1)CC1(CCN(CC(=O)N(Cc3nc4c(c(=O)[nH]3)COCC4)CC(F)F)CC1)C2=O. The van der Waals surface area contributed by atoms with Crippen LogP contribution in [0.25, 0.3) is 0 Å². The summed E-state index contributed by atoms with van der Waals surface area (Å²) in [6.45, 7) is 0.615. The highest BCUT2D eigenvalue weighted by Gasteiger charge is 2.47. The molecule has 3 heterocycles. The first kappa shape index (κ1) is 25.5. The molecule has 0 radical (unpaired) electrons. The number of ketones is 1. The number of carbonyl (C=O) groups excluding carboxylic acids is 2. The number of alkyl halides is 2. The van der Waals surface area contributed by atoms with E-state index in [-0.39, 0.29) is 36.9 Å². The number of hydrogen-bond donors (Lipinski definition) is 1. The van der Waals surface area contributed by atoms with Crippen LogP contribution in [0.2, 0.25) is 0 Å². The minimum Gasteiger partial charge on any atom is -0.497 e. The van der Waals surface area contributed by atoms with E-state index in [4.69, 9.17) is 9.47 Å². The summed E-state index contributed by atoms with van der Waals surface area (Å²) < 4.78 is 37.3. The van der Waals surface area contributed by atoms with Crippen molar-refractivity contribution in [3.8, 4) is 5.75 Å². The average Bonchev–Trinajstić information content (AvgIpc) is 3.15. The van der Waals surface area contributed by atoms with E-state index in [9.17, 15) is 23.2 Å². The van der Waals surface area contributed by atoms with Gasteiger partial charge in [-0.3, -0.25) is 19.3 Å². The van der Waals surface area contributed by atoms with E-state index in [1.165, 1.54) is 0 Å². The van der Waals surface area contributed by atoms with E-state index in [2.05, 4.69) is 9.97 Å². The molecule has 1 N–H and O–H groups in total. The zero-order valence-corrected chi connectivity index (χ0v) is 20.7. The number of H-pyrrole nitrogens is 1. The van der Waals surface area contributed by atoms with Crippen LogP contribution in [0.4, 0.5) is 8.78 Å². The lowest BCUT2D eigenvalue weighted by atomic mass is 9.75. The molecular formula is C26H30F2N4O5. The van der Waals surface area contributed by atoms with Crippen molar-refractivity contribution >= 4 is 11.7 Å². The fraction of sp³-hybridized carbons (Fsp3) is 0.538. The number of likely N-dealkylation sites (tertiary alicyclic amines) is 1. The molecule has 198 valence electrons. The number of aromatic amines is 1. The molecule has 2 aliphatic heterocycles. The highest BCUT2D eigenvalue weighted by atomic mass is 19.3. The number of Topliss-reactive ketones (excluding diaryl/α,β-unsaturated/α-hetero) is 1. The number of hydrogen-bond acceptors (Lipinski definition) is 7. The molecule has 1 saturated heterocycles. The maximum Gasteiger partial charge on any atom is 0.256 e. The van der Waals surface area contributed by atoms with Gasteiger partial charge >= 0.3 is 0 Å². The first-order valence-corrected chi connectivity index (χ1v) is 12.5. The Labute approximate surface area is 212 Å². The van der Waals surface area contributed by atoms with Crippen LogP contribution in [0.15, 0.2) is 23.0 Å². The second-order valence-corrected chi connectivity index (χ2v) is 9.99. The van der Waals surface area contributed by atoms with Crippen LogP contribution in [0.1, 0.15) is 45.8 Å². The topological polar surface area (TPSA) is 105 Å². The summed E-state index contributed by atoms with van der Waals surface area (Å²) >= 11 is 0. The summed E-state index contributed by atoms with van der Waals surface area (Å²) in [6, 6.07) is 5.52. The Balaban J connectivity index is 1.23. The Bertz CT molecular complexity index is 1260. The smallest absolute Gasteiger partial charge is 0.256 e. The molecule has 1 amide bonds. The highest BCUT2D eigenvalue weighted by molar-refractivity contribution is 6.05. The number of nitrogens with zero attached hydrogens (tertiary/aromatic N) is 3. The van der Waals surface area contributed by atoms with E-state index in [1.54, 1.807) is 13.2 Å². The van der Waals surface area contributed by atoms with Gasteiger partial charge in [-0.25, -0.2) is 13.8 Å². The van der Waals surface area contributed by atoms with E-state index in [0.717, 1.165) is 16.0 Å². The molecule has 3 aliphatic rings. The predicted molar refractivity (Wildman–Crippen MR) is 129 cm³/mol. The third-order valence-electron chi connectivity index (χ3n) is 7.67. The third kappa shape index (κ3) is 5.15. The van der Waals surface area contributed by atoms with Crippen LogP contribution in [0, 0.1) is 5.41 Å². The van der Waals surface area contributed by atoms with Crippen molar-refractivity contribution in [3.05, 3.63) is 56.8 Å². The summed E-state index contributed by atoms with van der Waals surface area (Å²) in [6.07, 6.45) is -0.447. The van der Waals surface area contributed by atoms with Crippen molar-refractivity contribution in [3.63, 3.8) is 0 Å². The zero-order chi connectivity index (χ0) is 26.2. The lowest BCUT2D eigenvalue weighted by molar-refractivity contribution is -0.135. The molecule has 9 nitrogen and oxygen atoms in total. The van der Waals surface area contributed by atoms with Gasteiger partial charge < -0.3 is 19.4 Å². The van der Waals surface area contributed by atoms with Crippen molar-refractivity contribution < 1.29 is 27.8 Å². The predicted octanol–water partition coefficient (Wildman–Crippen LogP) is 1.97. The molecule has 0 bridgehead atoms. The van der Waals surface area contributed by atoms with Crippen molar-refractivity contribution in [1.29, 1.82) is 0 Å². The molecule has 1 aliphatic carbocycles. The second kappa shape index (κ2) is 10.3. The average molecular weight is 517 g/mol. The number of carbonyl (C=O) groups is 2. The first-order valence-electron chi connectivity index (χ1n) is 12.5. The fourth-order valence-electron chi connectivity index (χ4n) is 5.60. The number of piperidine rings is 1. The normalized spacial score (nSPS) is 18.6. The molecule has 2 aromatic rings. The molecule has 37 heavy (non-hydrogen) atoms. The highest BCUT2D eigenvalue weighted by Crippen LogP contribution is 2.45. The van der Waals surface area contributed by atoms with Crippen molar-refractivity contribution in [2.75, 3.05) is 39.9 Å². The molecule has 1 aromatic heterocycles. The standard InChI is InChI=1S/C26H30F2N4O5/c1-36-17-2-3-18-16(10-17)11-26(24(18)34)5-7-31(8-6-26)14-23(33)32(12-21(27)28)13-22-29-20-4-9-37-15-19(20)25(35)30-22/h2-3,10,21H,4-9,11-15H2,1H3,(H,29,30,35). The molecule has 0 saturated carbocycles. The molecule has 1 fully saturated rings. The summed E-state index contributed by atoms with van der Waals surface area (Å²) in [5.41, 5.74) is 1.86. The zero-order valence-electron chi connectivity index (χ0n) is 20.7. The van der Waals surface area contributed by atoms with E-state index in [1.807, 2.05) is 17.0 Å². The Morgan fingerprint density at radius 1 is 1.30 bits per heavy atom. The number of ether oxygens (including phenoxy) is 2. The minimum absolute atomic E-state index is 0.0409. The van der Waals surface area contributed by atoms with Crippen LogP contribution in [-0.4, -0.2) is 77.8 Å². The summed E-state index contributed by atoms with van der Waals surface area (Å²) in [7, 11) is 1.59. The number of amides is 1. The van der Waals surface area contributed by atoms with Gasteiger partial charge in [0.05, 0.1) is 51.2 Å². The van der Waals surface area contributed by atoms with Crippen molar-refractivity contribution in [2.24, 2.45) is 5.41 Å². The van der Waals surface area contributed by atoms with Crippen LogP contribution in [0.5, 0.6) is 5.75 Å². The number of nitrogens with one attached hydrogen (secondary N) is 1. The Hall–Kier alpha value is -3.18. The molecular weight excluding hydrogens is 486 g/mol. The number of rotatable bonds is 7. The Morgan fingerprint density at radius 3 is 2.81 bits per heavy atom. The molecule has 0 unspecified atom stereocenters.